The molecule has 1 aliphatic rings. The second kappa shape index (κ2) is 5.56. The van der Waals surface area contributed by atoms with E-state index in [4.69, 9.17) is 9.47 Å². The highest BCUT2D eigenvalue weighted by molar-refractivity contribution is 5.60. The molecule has 1 unspecified atom stereocenters. The summed E-state index contributed by atoms with van der Waals surface area (Å²) in [5, 5.41) is 12.9. The first kappa shape index (κ1) is 13.6. The fourth-order valence-corrected chi connectivity index (χ4v) is 2.63. The molecule has 4 nitrogen and oxygen atoms in total. The van der Waals surface area contributed by atoms with Gasteiger partial charge in [0.05, 0.1) is 19.3 Å². The van der Waals surface area contributed by atoms with Crippen LogP contribution in [0.15, 0.2) is 36.4 Å². The molecule has 0 amide bonds. The molecule has 0 aliphatic carbocycles. The molecule has 110 valence electrons. The Morgan fingerprint density at radius 3 is 2.95 bits per heavy atom. The number of hydrogen-bond donors (Lipinski definition) is 2. The summed E-state index contributed by atoms with van der Waals surface area (Å²) in [5.74, 6) is 1.79. The molecule has 2 aromatic carbocycles. The van der Waals surface area contributed by atoms with Crippen molar-refractivity contribution in [3.63, 3.8) is 0 Å². The number of rotatable bonds is 3. The maximum Gasteiger partial charge on any atom is 0.146 e. The van der Waals surface area contributed by atoms with Gasteiger partial charge in [0.15, 0.2) is 0 Å². The number of ether oxygens (including phenoxy) is 2. The molecule has 4 heteroatoms. The van der Waals surface area contributed by atoms with Crippen LogP contribution in [0.4, 0.5) is 5.69 Å². The van der Waals surface area contributed by atoms with Gasteiger partial charge in [-0.1, -0.05) is 17.7 Å². The fourth-order valence-electron chi connectivity index (χ4n) is 2.63. The lowest BCUT2D eigenvalue weighted by molar-refractivity contribution is 0.204. The lowest BCUT2D eigenvalue weighted by Crippen LogP contribution is -2.32. The Morgan fingerprint density at radius 1 is 1.29 bits per heavy atom. The van der Waals surface area contributed by atoms with Crippen LogP contribution < -0.4 is 14.8 Å². The van der Waals surface area contributed by atoms with Crippen LogP contribution in [-0.2, 0) is 6.42 Å². The lowest BCUT2D eigenvalue weighted by atomic mass is 10.0. The van der Waals surface area contributed by atoms with E-state index in [1.54, 1.807) is 19.2 Å². The second-order valence-electron chi connectivity index (χ2n) is 5.32. The normalized spacial score (nSPS) is 16.6. The molecule has 0 bridgehead atoms. The summed E-state index contributed by atoms with van der Waals surface area (Å²) in [6.07, 6.45) is 0.766. The van der Waals surface area contributed by atoms with Crippen molar-refractivity contribution in [2.75, 3.05) is 19.0 Å². The summed E-state index contributed by atoms with van der Waals surface area (Å²) >= 11 is 0. The van der Waals surface area contributed by atoms with Crippen LogP contribution in [0.1, 0.15) is 11.1 Å². The molecular weight excluding hydrogens is 266 g/mol. The van der Waals surface area contributed by atoms with Crippen LogP contribution in [0.5, 0.6) is 17.2 Å². The topological polar surface area (TPSA) is 50.7 Å². The third kappa shape index (κ3) is 2.89. The first-order valence-corrected chi connectivity index (χ1v) is 7.03. The minimum absolute atomic E-state index is 0.00926. The maximum atomic E-state index is 9.56. The number of anilines is 1. The molecular formula is C17H19NO3. The van der Waals surface area contributed by atoms with E-state index < -0.39 is 0 Å². The summed E-state index contributed by atoms with van der Waals surface area (Å²) in [6, 6.07) is 11.3. The molecule has 2 aromatic rings. The predicted octanol–water partition coefficient (Wildman–Crippen LogP) is 3.12. The number of aromatic hydroxyl groups is 1. The maximum absolute atomic E-state index is 9.56. The van der Waals surface area contributed by atoms with Gasteiger partial charge < -0.3 is 19.9 Å². The lowest BCUT2D eigenvalue weighted by Gasteiger charge is -2.28. The molecule has 0 aromatic heterocycles. The Morgan fingerprint density at radius 2 is 2.14 bits per heavy atom. The Hall–Kier alpha value is -2.36. The van der Waals surface area contributed by atoms with Crippen LogP contribution in [0.3, 0.4) is 0 Å². The molecule has 0 spiro atoms. The van der Waals surface area contributed by atoms with Crippen molar-refractivity contribution in [3.8, 4) is 17.2 Å². The summed E-state index contributed by atoms with van der Waals surface area (Å²) < 4.78 is 11.4. The Kier molecular flexibility index (Phi) is 3.60. The highest BCUT2D eigenvalue weighted by Gasteiger charge is 2.21. The largest absolute Gasteiger partial charge is 0.508 e. The summed E-state index contributed by atoms with van der Waals surface area (Å²) in [5.41, 5.74) is 3.25. The van der Waals surface area contributed by atoms with Gasteiger partial charge in [-0.25, -0.2) is 0 Å². The predicted molar refractivity (Wildman–Crippen MR) is 82.4 cm³/mol. The van der Waals surface area contributed by atoms with Gasteiger partial charge in [-0.15, -0.1) is 0 Å². The number of fused-ring (bicyclic) bond motifs is 1. The first-order valence-electron chi connectivity index (χ1n) is 7.03. The van der Waals surface area contributed by atoms with Crippen LogP contribution >= 0.6 is 0 Å². The molecule has 0 saturated carbocycles. The molecule has 0 saturated heterocycles. The van der Waals surface area contributed by atoms with E-state index in [9.17, 15) is 5.11 Å². The highest BCUT2D eigenvalue weighted by atomic mass is 16.5. The Labute approximate surface area is 124 Å². The molecule has 21 heavy (non-hydrogen) atoms. The van der Waals surface area contributed by atoms with E-state index in [2.05, 4.69) is 18.3 Å². The van der Waals surface area contributed by atoms with Gasteiger partial charge in [-0.3, -0.25) is 0 Å². The number of phenolic OH excluding ortho intramolecular Hbond substituents is 1. The van der Waals surface area contributed by atoms with E-state index in [0.717, 1.165) is 30.0 Å². The van der Waals surface area contributed by atoms with Gasteiger partial charge in [-0.05, 0) is 30.7 Å². The summed E-state index contributed by atoms with van der Waals surface area (Å²) in [4.78, 5) is 0. The second-order valence-corrected chi connectivity index (χ2v) is 5.32. The van der Waals surface area contributed by atoms with Crippen molar-refractivity contribution in [1.29, 1.82) is 0 Å². The van der Waals surface area contributed by atoms with Crippen LogP contribution in [0, 0.1) is 6.92 Å². The number of aryl methyl sites for hydroxylation is 1. The number of methoxy groups -OCH3 is 1. The van der Waals surface area contributed by atoms with E-state index in [-0.39, 0.29) is 11.9 Å². The molecule has 1 heterocycles. The summed E-state index contributed by atoms with van der Waals surface area (Å²) in [7, 11) is 1.68. The molecule has 2 N–H and O–H groups in total. The zero-order chi connectivity index (χ0) is 14.8. The van der Waals surface area contributed by atoms with Crippen LogP contribution in [-0.4, -0.2) is 24.9 Å². The highest BCUT2D eigenvalue weighted by Crippen LogP contribution is 2.33. The average Bonchev–Trinajstić information content (AvgIpc) is 2.47. The molecule has 1 aliphatic heterocycles. The molecule has 0 fully saturated rings. The van der Waals surface area contributed by atoms with Gasteiger partial charge >= 0.3 is 0 Å². The van der Waals surface area contributed by atoms with E-state index in [0.29, 0.717) is 5.75 Å². The zero-order valence-corrected chi connectivity index (χ0v) is 12.2. The fraction of sp³-hybridized carbons (Fsp3) is 0.294. The van der Waals surface area contributed by atoms with Gasteiger partial charge in [0, 0.05) is 12.5 Å². The van der Waals surface area contributed by atoms with Gasteiger partial charge in [-0.2, -0.15) is 0 Å². The van der Waals surface area contributed by atoms with Crippen molar-refractivity contribution in [3.05, 3.63) is 47.5 Å². The number of phenols is 1. The van der Waals surface area contributed by atoms with Gasteiger partial charge in [0.1, 0.15) is 23.4 Å². The molecule has 1 atom stereocenters. The standard InChI is InChI=1S/C17H19NO3/c1-11-3-6-16(20-2)12(7-11)8-14-10-18-15-5-4-13(19)9-17(15)21-14/h3-7,9,14,18-19H,8,10H2,1-2H3. The van der Waals surface area contributed by atoms with Crippen molar-refractivity contribution < 1.29 is 14.6 Å². The van der Waals surface area contributed by atoms with E-state index in [1.807, 2.05) is 18.2 Å². The summed E-state index contributed by atoms with van der Waals surface area (Å²) in [6.45, 7) is 2.80. The third-order valence-corrected chi connectivity index (χ3v) is 3.66. The molecule has 0 radical (unpaired) electrons. The Balaban J connectivity index is 1.79. The quantitative estimate of drug-likeness (QED) is 0.851. The SMILES string of the molecule is COc1ccc(C)cc1CC1CNc2ccc(O)cc2O1. The van der Waals surface area contributed by atoms with Crippen molar-refractivity contribution in [2.24, 2.45) is 0 Å². The van der Waals surface area contributed by atoms with Crippen molar-refractivity contribution in [2.45, 2.75) is 19.4 Å². The van der Waals surface area contributed by atoms with Crippen molar-refractivity contribution >= 4 is 5.69 Å². The van der Waals surface area contributed by atoms with Crippen LogP contribution in [0.25, 0.3) is 0 Å². The minimum atomic E-state index is 0.00926. The third-order valence-electron chi connectivity index (χ3n) is 3.66. The van der Waals surface area contributed by atoms with E-state index in [1.165, 1.54) is 5.56 Å². The number of nitrogens with one attached hydrogen (secondary N) is 1. The average molecular weight is 285 g/mol. The number of hydrogen-bond acceptors (Lipinski definition) is 4. The minimum Gasteiger partial charge on any atom is -0.508 e. The van der Waals surface area contributed by atoms with Gasteiger partial charge in [0.25, 0.3) is 0 Å². The smallest absolute Gasteiger partial charge is 0.146 e. The van der Waals surface area contributed by atoms with Crippen LogP contribution in [0.2, 0.25) is 0 Å². The van der Waals surface area contributed by atoms with Gasteiger partial charge in [0.2, 0.25) is 0 Å². The number of benzene rings is 2. The zero-order valence-electron chi connectivity index (χ0n) is 12.2. The molecule has 3 rings (SSSR count). The monoisotopic (exact) mass is 285 g/mol. The van der Waals surface area contributed by atoms with Crippen molar-refractivity contribution in [1.82, 2.24) is 0 Å². The Bertz CT molecular complexity index is 654. The van der Waals surface area contributed by atoms with E-state index >= 15 is 0 Å². The first-order chi connectivity index (χ1) is 10.2.